The van der Waals surface area contributed by atoms with E-state index in [4.69, 9.17) is 0 Å². The normalized spacial score (nSPS) is 11.3. The molecule has 0 aliphatic heterocycles. The van der Waals surface area contributed by atoms with Crippen molar-refractivity contribution in [3.8, 4) is 11.3 Å². The van der Waals surface area contributed by atoms with Crippen molar-refractivity contribution in [1.29, 1.82) is 0 Å². The van der Waals surface area contributed by atoms with Crippen molar-refractivity contribution < 1.29 is 0 Å². The Morgan fingerprint density at radius 2 is 1.86 bits per heavy atom. The maximum absolute atomic E-state index is 12.6. The van der Waals surface area contributed by atoms with Crippen LogP contribution in [0.2, 0.25) is 0 Å². The molecule has 0 spiro atoms. The second-order valence-electron chi connectivity index (χ2n) is 6.24. The predicted octanol–water partition coefficient (Wildman–Crippen LogP) is 4.15. The van der Waals surface area contributed by atoms with Crippen LogP contribution in [0.4, 0.5) is 0 Å². The molecule has 1 aromatic carbocycles. The first-order valence-corrected chi connectivity index (χ1v) is 7.91. The third-order valence-corrected chi connectivity index (χ3v) is 3.72. The lowest BCUT2D eigenvalue weighted by Gasteiger charge is -2.05. The Balaban J connectivity index is 2.46. The fourth-order valence-corrected chi connectivity index (χ4v) is 2.56. The van der Waals surface area contributed by atoms with E-state index in [2.05, 4.69) is 57.1 Å². The summed E-state index contributed by atoms with van der Waals surface area (Å²) in [5.74, 6) is 0.450. The SMILES string of the molecule is CCCCc1c(-c2ccc(C)cc2)[nH]n(CC(C)C)c1=O. The van der Waals surface area contributed by atoms with Crippen LogP contribution in [-0.4, -0.2) is 9.78 Å². The van der Waals surface area contributed by atoms with E-state index in [1.54, 1.807) is 4.68 Å². The van der Waals surface area contributed by atoms with E-state index >= 15 is 0 Å². The monoisotopic (exact) mass is 286 g/mol. The van der Waals surface area contributed by atoms with Crippen LogP contribution in [0.25, 0.3) is 11.3 Å². The minimum absolute atomic E-state index is 0.146. The Hall–Kier alpha value is -1.77. The van der Waals surface area contributed by atoms with Crippen molar-refractivity contribution in [2.45, 2.75) is 53.5 Å². The average molecular weight is 286 g/mol. The van der Waals surface area contributed by atoms with Gasteiger partial charge in [-0.3, -0.25) is 14.6 Å². The zero-order chi connectivity index (χ0) is 15.4. The zero-order valence-corrected chi connectivity index (χ0v) is 13.6. The standard InChI is InChI=1S/C18H26N2O/c1-5-6-7-16-17(15-10-8-14(4)9-11-15)19-20(18(16)21)12-13(2)3/h8-11,13,19H,5-7,12H2,1-4H3. The first kappa shape index (κ1) is 15.6. The Morgan fingerprint density at radius 1 is 1.19 bits per heavy atom. The molecule has 0 radical (unpaired) electrons. The molecule has 0 unspecified atom stereocenters. The summed E-state index contributed by atoms with van der Waals surface area (Å²) in [6.45, 7) is 9.23. The largest absolute Gasteiger partial charge is 0.295 e. The summed E-state index contributed by atoms with van der Waals surface area (Å²) in [4.78, 5) is 12.6. The number of benzene rings is 1. The second kappa shape index (κ2) is 6.79. The Labute approximate surface area is 127 Å². The molecule has 0 saturated carbocycles. The van der Waals surface area contributed by atoms with Gasteiger partial charge in [-0.05, 0) is 31.2 Å². The van der Waals surface area contributed by atoms with E-state index in [0.29, 0.717) is 5.92 Å². The Morgan fingerprint density at radius 3 is 2.43 bits per heavy atom. The molecule has 2 aromatic rings. The first-order chi connectivity index (χ1) is 10.0. The Kier molecular flexibility index (Phi) is 5.05. The fraction of sp³-hybridized carbons (Fsp3) is 0.500. The molecular weight excluding hydrogens is 260 g/mol. The predicted molar refractivity (Wildman–Crippen MR) is 88.7 cm³/mol. The molecule has 0 fully saturated rings. The lowest BCUT2D eigenvalue weighted by atomic mass is 10.0. The van der Waals surface area contributed by atoms with Gasteiger partial charge in [0, 0.05) is 12.1 Å². The molecule has 1 N–H and O–H groups in total. The molecule has 3 nitrogen and oxygen atoms in total. The number of rotatable bonds is 6. The van der Waals surface area contributed by atoms with Gasteiger partial charge in [-0.2, -0.15) is 0 Å². The minimum Gasteiger partial charge on any atom is -0.295 e. The fourth-order valence-electron chi connectivity index (χ4n) is 2.56. The molecule has 0 amide bonds. The van der Waals surface area contributed by atoms with Crippen LogP contribution in [0.1, 0.15) is 44.7 Å². The Bertz CT molecular complexity index is 632. The number of nitrogens with one attached hydrogen (secondary N) is 1. The topological polar surface area (TPSA) is 37.8 Å². The summed E-state index contributed by atoms with van der Waals surface area (Å²) in [5.41, 5.74) is 4.41. The lowest BCUT2D eigenvalue weighted by Crippen LogP contribution is -2.21. The maximum atomic E-state index is 12.6. The van der Waals surface area contributed by atoms with Gasteiger partial charge in [-0.1, -0.05) is 57.0 Å². The number of unbranched alkanes of at least 4 members (excludes halogenated alkanes) is 1. The van der Waals surface area contributed by atoms with Crippen LogP contribution in [0.15, 0.2) is 29.1 Å². The summed E-state index contributed by atoms with van der Waals surface area (Å²) in [6.07, 6.45) is 3.00. The number of nitrogens with zero attached hydrogens (tertiary/aromatic N) is 1. The van der Waals surface area contributed by atoms with Gasteiger partial charge in [-0.15, -0.1) is 0 Å². The molecule has 0 bridgehead atoms. The zero-order valence-electron chi connectivity index (χ0n) is 13.6. The third-order valence-electron chi connectivity index (χ3n) is 3.72. The van der Waals surface area contributed by atoms with Gasteiger partial charge in [0.05, 0.1) is 5.69 Å². The quantitative estimate of drug-likeness (QED) is 0.851. The van der Waals surface area contributed by atoms with Crippen LogP contribution < -0.4 is 5.56 Å². The summed E-state index contributed by atoms with van der Waals surface area (Å²) < 4.78 is 1.77. The van der Waals surface area contributed by atoms with Gasteiger partial charge in [0.15, 0.2) is 0 Å². The van der Waals surface area contributed by atoms with Crippen molar-refractivity contribution in [2.75, 3.05) is 0 Å². The van der Waals surface area contributed by atoms with E-state index in [9.17, 15) is 4.79 Å². The van der Waals surface area contributed by atoms with Gasteiger partial charge in [0.1, 0.15) is 0 Å². The molecule has 2 rings (SSSR count). The van der Waals surface area contributed by atoms with E-state index in [1.165, 1.54) is 5.56 Å². The highest BCUT2D eigenvalue weighted by atomic mass is 16.1. The van der Waals surface area contributed by atoms with Crippen molar-refractivity contribution in [1.82, 2.24) is 9.78 Å². The van der Waals surface area contributed by atoms with Crippen LogP contribution in [0, 0.1) is 12.8 Å². The van der Waals surface area contributed by atoms with Gasteiger partial charge in [0.2, 0.25) is 0 Å². The number of hydrogen-bond donors (Lipinski definition) is 1. The van der Waals surface area contributed by atoms with Crippen LogP contribution in [-0.2, 0) is 13.0 Å². The van der Waals surface area contributed by atoms with Gasteiger partial charge in [0.25, 0.3) is 5.56 Å². The highest BCUT2D eigenvalue weighted by Crippen LogP contribution is 2.21. The molecule has 1 heterocycles. The van der Waals surface area contributed by atoms with E-state index in [1.807, 2.05) is 0 Å². The molecule has 0 aliphatic rings. The highest BCUT2D eigenvalue weighted by molar-refractivity contribution is 5.63. The number of aromatic amines is 1. The van der Waals surface area contributed by atoms with Crippen LogP contribution in [0.5, 0.6) is 0 Å². The minimum atomic E-state index is 0.146. The third kappa shape index (κ3) is 3.66. The van der Waals surface area contributed by atoms with Crippen molar-refractivity contribution in [3.63, 3.8) is 0 Å². The average Bonchev–Trinajstić information content (AvgIpc) is 2.74. The van der Waals surface area contributed by atoms with Gasteiger partial charge in [-0.25, -0.2) is 0 Å². The number of aromatic nitrogens is 2. The molecule has 0 atom stereocenters. The smallest absolute Gasteiger partial charge is 0.270 e. The highest BCUT2D eigenvalue weighted by Gasteiger charge is 2.15. The van der Waals surface area contributed by atoms with Crippen LogP contribution >= 0.6 is 0 Å². The molecule has 1 aromatic heterocycles. The van der Waals surface area contributed by atoms with E-state index in [0.717, 1.165) is 42.6 Å². The van der Waals surface area contributed by atoms with Crippen molar-refractivity contribution in [3.05, 3.63) is 45.7 Å². The number of H-pyrrole nitrogens is 1. The van der Waals surface area contributed by atoms with Crippen LogP contribution in [0.3, 0.4) is 0 Å². The van der Waals surface area contributed by atoms with Crippen molar-refractivity contribution >= 4 is 0 Å². The molecule has 3 heteroatoms. The summed E-state index contributed by atoms with van der Waals surface area (Å²) in [6, 6.07) is 8.37. The summed E-state index contributed by atoms with van der Waals surface area (Å²) in [5, 5.41) is 3.33. The molecule has 114 valence electrons. The van der Waals surface area contributed by atoms with Crippen molar-refractivity contribution in [2.24, 2.45) is 5.92 Å². The lowest BCUT2D eigenvalue weighted by molar-refractivity contribution is 0.473. The second-order valence-corrected chi connectivity index (χ2v) is 6.24. The molecule has 21 heavy (non-hydrogen) atoms. The molecule has 0 aliphatic carbocycles. The van der Waals surface area contributed by atoms with E-state index in [-0.39, 0.29) is 5.56 Å². The van der Waals surface area contributed by atoms with Gasteiger partial charge >= 0.3 is 0 Å². The number of aryl methyl sites for hydroxylation is 1. The number of hydrogen-bond acceptors (Lipinski definition) is 1. The summed E-state index contributed by atoms with van der Waals surface area (Å²) >= 11 is 0. The summed E-state index contributed by atoms with van der Waals surface area (Å²) in [7, 11) is 0. The molecular formula is C18H26N2O. The maximum Gasteiger partial charge on any atom is 0.270 e. The molecule has 0 saturated heterocycles. The van der Waals surface area contributed by atoms with Gasteiger partial charge < -0.3 is 0 Å². The first-order valence-electron chi connectivity index (χ1n) is 7.91. The van der Waals surface area contributed by atoms with E-state index < -0.39 is 0 Å².